The molecule has 17 heavy (non-hydrogen) atoms. The molecule has 7 nitrogen and oxygen atoms in total. The van der Waals surface area contributed by atoms with E-state index in [0.29, 0.717) is 5.82 Å². The zero-order valence-electron chi connectivity index (χ0n) is 8.88. The number of anilines is 1. The van der Waals surface area contributed by atoms with Gasteiger partial charge in [0.15, 0.2) is 0 Å². The number of aromatic amines is 1. The van der Waals surface area contributed by atoms with Gasteiger partial charge >= 0.3 is 0 Å². The van der Waals surface area contributed by atoms with E-state index in [1.165, 1.54) is 16.8 Å². The second-order valence-electron chi connectivity index (χ2n) is 3.43. The third-order valence-electron chi connectivity index (χ3n) is 2.20. The number of hydrazine groups is 1. The van der Waals surface area contributed by atoms with Crippen molar-refractivity contribution in [1.29, 1.82) is 0 Å². The lowest BCUT2D eigenvalue weighted by Gasteiger charge is -2.06. The molecule has 0 aliphatic carbocycles. The van der Waals surface area contributed by atoms with Crippen LogP contribution in [0.15, 0.2) is 40.1 Å². The molecule has 0 aliphatic rings. The van der Waals surface area contributed by atoms with Gasteiger partial charge in [-0.3, -0.25) is 14.7 Å². The number of pyridine rings is 1. The summed E-state index contributed by atoms with van der Waals surface area (Å²) >= 11 is 0. The zero-order chi connectivity index (χ0) is 12.3. The van der Waals surface area contributed by atoms with Crippen LogP contribution in [0, 0.1) is 0 Å². The van der Waals surface area contributed by atoms with E-state index in [1.807, 2.05) is 0 Å². The molecule has 0 aliphatic heterocycles. The first-order valence-corrected chi connectivity index (χ1v) is 4.91. The lowest BCUT2D eigenvalue weighted by molar-refractivity contribution is 0.627. The highest BCUT2D eigenvalue weighted by Crippen LogP contribution is 2.05. The Morgan fingerprint density at radius 3 is 2.94 bits per heavy atom. The first-order chi connectivity index (χ1) is 8.19. The van der Waals surface area contributed by atoms with Crippen molar-refractivity contribution in [3.05, 3.63) is 56.7 Å². The number of nitrogens with two attached hydrogens (primary N) is 1. The van der Waals surface area contributed by atoms with Crippen molar-refractivity contribution in [1.82, 2.24) is 14.8 Å². The Morgan fingerprint density at radius 1 is 1.35 bits per heavy atom. The highest BCUT2D eigenvalue weighted by atomic mass is 16.1. The van der Waals surface area contributed by atoms with Gasteiger partial charge in [-0.15, -0.1) is 0 Å². The number of nitrogens with zero attached hydrogens (tertiary/aromatic N) is 2. The summed E-state index contributed by atoms with van der Waals surface area (Å²) in [4.78, 5) is 26.5. The maximum absolute atomic E-state index is 11.5. The fourth-order valence-corrected chi connectivity index (χ4v) is 1.41. The monoisotopic (exact) mass is 233 g/mol. The highest BCUT2D eigenvalue weighted by Gasteiger charge is 2.00. The molecule has 0 atom stereocenters. The second kappa shape index (κ2) is 4.62. The molecule has 7 heteroatoms. The minimum Gasteiger partial charge on any atom is -0.308 e. The van der Waals surface area contributed by atoms with E-state index in [-0.39, 0.29) is 17.7 Å². The van der Waals surface area contributed by atoms with Gasteiger partial charge in [0.2, 0.25) is 0 Å². The molecule has 0 unspecified atom stereocenters. The van der Waals surface area contributed by atoms with Crippen LogP contribution in [0.1, 0.15) is 5.56 Å². The first kappa shape index (κ1) is 11.1. The molecule has 2 rings (SSSR count). The van der Waals surface area contributed by atoms with Crippen molar-refractivity contribution in [3.63, 3.8) is 0 Å². The number of hydrogen-bond acceptors (Lipinski definition) is 5. The summed E-state index contributed by atoms with van der Waals surface area (Å²) in [5, 5.41) is 2.44. The predicted molar refractivity (Wildman–Crippen MR) is 62.5 cm³/mol. The number of hydrogen-bond donors (Lipinski definition) is 3. The van der Waals surface area contributed by atoms with Crippen LogP contribution in [-0.2, 0) is 6.54 Å². The van der Waals surface area contributed by atoms with Crippen LogP contribution >= 0.6 is 0 Å². The molecule has 4 N–H and O–H groups in total. The number of nitrogen functional groups attached to an aromatic ring is 1. The minimum atomic E-state index is -0.323. The van der Waals surface area contributed by atoms with Gasteiger partial charge in [-0.2, -0.15) is 0 Å². The maximum Gasteiger partial charge on any atom is 0.265 e. The number of H-pyrrole nitrogens is 1. The van der Waals surface area contributed by atoms with Crippen LogP contribution in [0.25, 0.3) is 0 Å². The topological polar surface area (TPSA) is 106 Å². The molecule has 0 amide bonds. The van der Waals surface area contributed by atoms with Gasteiger partial charge in [-0.25, -0.2) is 15.5 Å². The van der Waals surface area contributed by atoms with Gasteiger partial charge in [0.05, 0.1) is 6.54 Å². The Morgan fingerprint density at radius 2 is 2.18 bits per heavy atom. The normalized spacial score (nSPS) is 10.2. The fraction of sp³-hybridized carbons (Fsp3) is 0.100. The summed E-state index contributed by atoms with van der Waals surface area (Å²) in [5.74, 6) is 5.72. The quantitative estimate of drug-likeness (QED) is 0.478. The molecule has 88 valence electrons. The zero-order valence-corrected chi connectivity index (χ0v) is 8.88. The van der Waals surface area contributed by atoms with Crippen LogP contribution in [0.5, 0.6) is 0 Å². The summed E-state index contributed by atoms with van der Waals surface area (Å²) in [7, 11) is 0. The Hall–Kier alpha value is -2.41. The SMILES string of the molecule is NNc1cc(Cn2[nH]c(=O)ccc2=O)ccn1. The predicted octanol–water partition coefficient (Wildman–Crippen LogP) is -0.735. The maximum atomic E-state index is 11.5. The van der Waals surface area contributed by atoms with Gasteiger partial charge < -0.3 is 5.43 Å². The summed E-state index contributed by atoms with van der Waals surface area (Å²) in [6.07, 6.45) is 1.57. The van der Waals surface area contributed by atoms with E-state index >= 15 is 0 Å². The lowest BCUT2D eigenvalue weighted by atomic mass is 10.2. The largest absolute Gasteiger partial charge is 0.308 e. The average molecular weight is 233 g/mol. The summed E-state index contributed by atoms with van der Waals surface area (Å²) in [5.41, 5.74) is 2.61. The van der Waals surface area contributed by atoms with Crippen molar-refractivity contribution in [2.75, 3.05) is 5.43 Å². The molecule has 0 spiro atoms. The highest BCUT2D eigenvalue weighted by molar-refractivity contribution is 5.35. The third-order valence-corrected chi connectivity index (χ3v) is 2.20. The summed E-state index contributed by atoms with van der Waals surface area (Å²) < 4.78 is 1.22. The van der Waals surface area contributed by atoms with Gasteiger partial charge in [0, 0.05) is 18.3 Å². The average Bonchev–Trinajstić information content (AvgIpc) is 2.34. The van der Waals surface area contributed by atoms with Crippen molar-refractivity contribution < 1.29 is 0 Å². The van der Waals surface area contributed by atoms with Crippen LogP contribution in [0.3, 0.4) is 0 Å². The van der Waals surface area contributed by atoms with Crippen LogP contribution in [0.2, 0.25) is 0 Å². The molecule has 0 fully saturated rings. The molecular weight excluding hydrogens is 222 g/mol. The van der Waals surface area contributed by atoms with Gasteiger partial charge in [-0.1, -0.05) is 0 Å². The van der Waals surface area contributed by atoms with E-state index in [1.54, 1.807) is 18.3 Å². The smallest absolute Gasteiger partial charge is 0.265 e. The van der Waals surface area contributed by atoms with Crippen molar-refractivity contribution in [2.45, 2.75) is 6.54 Å². The van der Waals surface area contributed by atoms with E-state index in [9.17, 15) is 9.59 Å². The second-order valence-corrected chi connectivity index (χ2v) is 3.43. The fourth-order valence-electron chi connectivity index (χ4n) is 1.41. The Labute approximate surface area is 95.9 Å². The van der Waals surface area contributed by atoms with E-state index in [2.05, 4.69) is 15.5 Å². The Bertz CT molecular complexity index is 631. The minimum absolute atomic E-state index is 0.256. The van der Waals surface area contributed by atoms with E-state index in [4.69, 9.17) is 5.84 Å². The van der Waals surface area contributed by atoms with Gasteiger partial charge in [0.1, 0.15) is 5.82 Å². The molecule has 2 aromatic rings. The van der Waals surface area contributed by atoms with E-state index in [0.717, 1.165) is 5.56 Å². The van der Waals surface area contributed by atoms with Crippen LogP contribution in [-0.4, -0.2) is 14.8 Å². The summed E-state index contributed by atoms with van der Waals surface area (Å²) in [6, 6.07) is 5.84. The molecular formula is C10H11N5O2. The Kier molecular flexibility index (Phi) is 3.01. The van der Waals surface area contributed by atoms with Gasteiger partial charge in [0.25, 0.3) is 11.1 Å². The van der Waals surface area contributed by atoms with Crippen molar-refractivity contribution in [2.24, 2.45) is 5.84 Å². The summed E-state index contributed by atoms with van der Waals surface area (Å²) in [6.45, 7) is 0.256. The standard InChI is InChI=1S/C10H11N5O2/c11-13-8-5-7(3-4-12-8)6-15-10(17)2-1-9(16)14-15/h1-5H,6,11H2,(H,12,13)(H,14,16). The van der Waals surface area contributed by atoms with Crippen LogP contribution in [0.4, 0.5) is 5.82 Å². The van der Waals surface area contributed by atoms with Crippen molar-refractivity contribution >= 4 is 5.82 Å². The molecule has 0 radical (unpaired) electrons. The van der Waals surface area contributed by atoms with Gasteiger partial charge in [-0.05, 0) is 17.7 Å². The lowest BCUT2D eigenvalue weighted by Crippen LogP contribution is -2.28. The first-order valence-electron chi connectivity index (χ1n) is 4.91. The Balaban J connectivity index is 2.34. The van der Waals surface area contributed by atoms with E-state index < -0.39 is 0 Å². The molecule has 0 saturated heterocycles. The number of nitrogens with one attached hydrogen (secondary N) is 2. The molecule has 0 saturated carbocycles. The molecule has 0 bridgehead atoms. The molecule has 0 aromatic carbocycles. The third kappa shape index (κ3) is 2.58. The van der Waals surface area contributed by atoms with Crippen LogP contribution < -0.4 is 22.4 Å². The molecule has 2 heterocycles. The number of rotatable bonds is 3. The van der Waals surface area contributed by atoms with Crippen molar-refractivity contribution in [3.8, 4) is 0 Å². The molecule has 2 aromatic heterocycles. The number of aromatic nitrogens is 3.